The van der Waals surface area contributed by atoms with E-state index < -0.39 is 0 Å². The van der Waals surface area contributed by atoms with Crippen molar-refractivity contribution >= 4 is 23.2 Å². The summed E-state index contributed by atoms with van der Waals surface area (Å²) >= 11 is 11.3. The molecule has 1 atom stereocenters. The van der Waals surface area contributed by atoms with Crippen molar-refractivity contribution in [2.45, 2.75) is 24.1 Å². The van der Waals surface area contributed by atoms with Crippen molar-refractivity contribution in [3.8, 4) is 0 Å². The van der Waals surface area contributed by atoms with Crippen molar-refractivity contribution < 1.29 is 0 Å². The summed E-state index contributed by atoms with van der Waals surface area (Å²) in [6.45, 7) is 2.11. The van der Waals surface area contributed by atoms with Gasteiger partial charge in [-0.15, -0.1) is 23.2 Å². The molecule has 62 valence electrons. The first kappa shape index (κ1) is 10.5. The largest absolute Gasteiger partial charge is 0.323 e. The molecular weight excluding hydrogens is 169 g/mol. The normalized spacial score (nSPS) is 26.7. The van der Waals surface area contributed by atoms with Crippen molar-refractivity contribution in [3.05, 3.63) is 0 Å². The maximum absolute atomic E-state index is 5.67. The number of alkyl halides is 2. The molecule has 1 nitrogen and oxygen atoms in total. The molecule has 1 rings (SSSR count). The van der Waals surface area contributed by atoms with E-state index in [1.807, 2.05) is 14.1 Å². The minimum Gasteiger partial charge on any atom is -0.323 e. The Morgan fingerprint density at radius 3 is 1.80 bits per heavy atom. The molecule has 1 saturated carbocycles. The number of rotatable bonds is 1. The molecule has 1 unspecified atom stereocenters. The van der Waals surface area contributed by atoms with E-state index in [1.54, 1.807) is 0 Å². The highest BCUT2D eigenvalue weighted by Crippen LogP contribution is 2.54. The molecule has 0 aromatic rings. The van der Waals surface area contributed by atoms with Gasteiger partial charge in [0.2, 0.25) is 0 Å². The molecule has 1 aliphatic carbocycles. The maximum Gasteiger partial charge on any atom is 0.121 e. The lowest BCUT2D eigenvalue weighted by Crippen LogP contribution is -1.89. The average molecular weight is 184 g/mol. The van der Waals surface area contributed by atoms with E-state index in [0.29, 0.717) is 5.92 Å². The van der Waals surface area contributed by atoms with E-state index in [1.165, 1.54) is 0 Å². The first-order valence-corrected chi connectivity index (χ1v) is 4.30. The van der Waals surface area contributed by atoms with Gasteiger partial charge >= 0.3 is 0 Å². The predicted octanol–water partition coefficient (Wildman–Crippen LogP) is 2.43. The zero-order valence-electron chi connectivity index (χ0n) is 6.75. The molecular formula is C7H15Cl2N. The predicted molar refractivity (Wildman–Crippen MR) is 47.8 cm³/mol. The van der Waals surface area contributed by atoms with Crippen LogP contribution < -0.4 is 5.32 Å². The van der Waals surface area contributed by atoms with Gasteiger partial charge in [-0.05, 0) is 26.4 Å². The summed E-state index contributed by atoms with van der Waals surface area (Å²) in [4.78, 5) is 0. The van der Waals surface area contributed by atoms with Crippen LogP contribution in [0.2, 0.25) is 0 Å². The van der Waals surface area contributed by atoms with Crippen LogP contribution in [0.1, 0.15) is 19.8 Å². The van der Waals surface area contributed by atoms with Crippen molar-refractivity contribution in [2.75, 3.05) is 14.1 Å². The Bertz CT molecular complexity index is 93.6. The van der Waals surface area contributed by atoms with Gasteiger partial charge in [0, 0.05) is 0 Å². The number of nitrogens with one attached hydrogen (secondary N) is 1. The molecule has 0 radical (unpaired) electrons. The lowest BCUT2D eigenvalue weighted by molar-refractivity contribution is 0.788. The van der Waals surface area contributed by atoms with Gasteiger partial charge in [-0.1, -0.05) is 13.3 Å². The van der Waals surface area contributed by atoms with Gasteiger partial charge in [-0.2, -0.15) is 0 Å². The Hall–Kier alpha value is 0.540. The summed E-state index contributed by atoms with van der Waals surface area (Å²) in [5, 5.41) is 2.75. The van der Waals surface area contributed by atoms with E-state index in [-0.39, 0.29) is 4.33 Å². The smallest absolute Gasteiger partial charge is 0.121 e. The van der Waals surface area contributed by atoms with Crippen LogP contribution in [-0.4, -0.2) is 18.4 Å². The van der Waals surface area contributed by atoms with Crippen LogP contribution in [0.5, 0.6) is 0 Å². The molecule has 3 heteroatoms. The first-order chi connectivity index (χ1) is 4.58. The lowest BCUT2D eigenvalue weighted by atomic mass is 10.3. The molecule has 1 fully saturated rings. The summed E-state index contributed by atoms with van der Waals surface area (Å²) in [7, 11) is 3.75. The fraction of sp³-hybridized carbons (Fsp3) is 1.00. The average Bonchev–Trinajstić information content (AvgIpc) is 2.42. The SMILES string of the molecule is CCC1CC1(Cl)Cl.CNC. The van der Waals surface area contributed by atoms with Crippen molar-refractivity contribution in [1.29, 1.82) is 0 Å². The highest BCUT2D eigenvalue weighted by atomic mass is 35.5. The second kappa shape index (κ2) is 4.42. The second-order valence-corrected chi connectivity index (χ2v) is 4.11. The van der Waals surface area contributed by atoms with Gasteiger partial charge in [0.25, 0.3) is 0 Å². The molecule has 0 heterocycles. The Morgan fingerprint density at radius 2 is 1.80 bits per heavy atom. The third-order valence-electron chi connectivity index (χ3n) is 1.45. The topological polar surface area (TPSA) is 12.0 Å². The van der Waals surface area contributed by atoms with Crippen LogP contribution in [0, 0.1) is 5.92 Å². The minimum absolute atomic E-state index is 0.339. The van der Waals surface area contributed by atoms with E-state index in [2.05, 4.69) is 12.2 Å². The number of hydrogen-bond acceptors (Lipinski definition) is 1. The monoisotopic (exact) mass is 183 g/mol. The molecule has 1 aliphatic rings. The Balaban J connectivity index is 0.000000236. The number of halogens is 2. The van der Waals surface area contributed by atoms with Gasteiger partial charge in [0.05, 0.1) is 0 Å². The first-order valence-electron chi connectivity index (χ1n) is 3.54. The Kier molecular flexibility index (Phi) is 4.66. The summed E-state index contributed by atoms with van der Waals surface area (Å²) in [6.07, 6.45) is 2.11. The van der Waals surface area contributed by atoms with E-state index in [9.17, 15) is 0 Å². The highest BCUT2D eigenvalue weighted by molar-refractivity contribution is 6.50. The zero-order valence-corrected chi connectivity index (χ0v) is 8.26. The summed E-state index contributed by atoms with van der Waals surface area (Å²) in [6, 6.07) is 0. The summed E-state index contributed by atoms with van der Waals surface area (Å²) in [5.41, 5.74) is 0. The minimum atomic E-state index is -0.339. The fourth-order valence-electron chi connectivity index (χ4n) is 0.713. The standard InChI is InChI=1S/C5H8Cl2.C2H7N/c1-2-4-3-5(4,6)7;1-3-2/h4H,2-3H2,1H3;3H,1-2H3. The van der Waals surface area contributed by atoms with Crippen LogP contribution in [-0.2, 0) is 0 Å². The Labute approximate surface area is 73.1 Å². The molecule has 0 aliphatic heterocycles. The molecule has 10 heavy (non-hydrogen) atoms. The van der Waals surface area contributed by atoms with Gasteiger partial charge in [-0.3, -0.25) is 0 Å². The summed E-state index contributed by atoms with van der Waals surface area (Å²) in [5.74, 6) is 0.579. The van der Waals surface area contributed by atoms with Crippen molar-refractivity contribution in [2.24, 2.45) is 5.92 Å². The molecule has 1 N–H and O–H groups in total. The Morgan fingerprint density at radius 1 is 1.50 bits per heavy atom. The van der Waals surface area contributed by atoms with E-state index in [0.717, 1.165) is 12.8 Å². The molecule has 0 aromatic carbocycles. The van der Waals surface area contributed by atoms with Crippen LogP contribution in [0.3, 0.4) is 0 Å². The summed E-state index contributed by atoms with van der Waals surface area (Å²) < 4.78 is -0.339. The quantitative estimate of drug-likeness (QED) is 0.617. The van der Waals surface area contributed by atoms with Crippen LogP contribution in [0.25, 0.3) is 0 Å². The third kappa shape index (κ3) is 3.65. The third-order valence-corrected chi connectivity index (χ3v) is 2.37. The zero-order chi connectivity index (χ0) is 8.20. The van der Waals surface area contributed by atoms with E-state index >= 15 is 0 Å². The van der Waals surface area contributed by atoms with Gasteiger partial charge in [0.1, 0.15) is 4.33 Å². The van der Waals surface area contributed by atoms with Gasteiger partial charge < -0.3 is 5.32 Å². The molecule has 0 amide bonds. The van der Waals surface area contributed by atoms with Gasteiger partial charge in [0.15, 0.2) is 0 Å². The number of hydrogen-bond donors (Lipinski definition) is 1. The fourth-order valence-corrected chi connectivity index (χ4v) is 1.39. The van der Waals surface area contributed by atoms with Crippen LogP contribution in [0.15, 0.2) is 0 Å². The van der Waals surface area contributed by atoms with E-state index in [4.69, 9.17) is 23.2 Å². The molecule has 0 saturated heterocycles. The molecule has 0 aromatic heterocycles. The second-order valence-electron chi connectivity index (χ2n) is 2.57. The van der Waals surface area contributed by atoms with Crippen molar-refractivity contribution in [1.82, 2.24) is 5.32 Å². The maximum atomic E-state index is 5.67. The van der Waals surface area contributed by atoms with Gasteiger partial charge in [-0.25, -0.2) is 0 Å². The highest BCUT2D eigenvalue weighted by Gasteiger charge is 2.49. The van der Waals surface area contributed by atoms with Crippen LogP contribution >= 0.6 is 23.2 Å². The van der Waals surface area contributed by atoms with Crippen molar-refractivity contribution in [3.63, 3.8) is 0 Å². The lowest BCUT2D eigenvalue weighted by Gasteiger charge is -1.90. The molecule has 0 spiro atoms. The molecule has 0 bridgehead atoms. The van der Waals surface area contributed by atoms with Crippen LogP contribution in [0.4, 0.5) is 0 Å².